The van der Waals surface area contributed by atoms with E-state index >= 15 is 0 Å². The third-order valence-electron chi connectivity index (χ3n) is 3.73. The normalized spacial score (nSPS) is 10.3. The number of carbonyl (C=O) groups excluding carboxylic acids is 2. The summed E-state index contributed by atoms with van der Waals surface area (Å²) in [5.74, 6) is -0.135. The minimum absolute atomic E-state index is 0.0589. The van der Waals surface area contributed by atoms with E-state index in [1.165, 1.54) is 0 Å². The van der Waals surface area contributed by atoms with Gasteiger partial charge in [0.05, 0.1) is 22.3 Å². The van der Waals surface area contributed by atoms with Gasteiger partial charge in [-0.3, -0.25) is 9.59 Å². The molecule has 0 aliphatic heterocycles. The molecule has 0 heterocycles. The standard InChI is InChI=1S/C19H21Cl2N3O2/c1-24(2)18(26)10-9-13-5-3-6-14(11-13)23-17(25)12-22-16-8-4-7-15(20)19(16)21/h3-8,11,22H,9-10,12H2,1-2H3,(H,23,25). The molecule has 2 amide bonds. The first-order valence-electron chi connectivity index (χ1n) is 8.13. The summed E-state index contributed by atoms with van der Waals surface area (Å²) in [6.45, 7) is 0.0589. The molecule has 0 saturated carbocycles. The summed E-state index contributed by atoms with van der Waals surface area (Å²) in [6.07, 6.45) is 1.05. The van der Waals surface area contributed by atoms with Gasteiger partial charge in [-0.2, -0.15) is 0 Å². The van der Waals surface area contributed by atoms with E-state index < -0.39 is 0 Å². The number of rotatable bonds is 7. The Labute approximate surface area is 163 Å². The number of anilines is 2. The zero-order valence-electron chi connectivity index (χ0n) is 14.7. The molecule has 2 N–H and O–H groups in total. The van der Waals surface area contributed by atoms with Crippen LogP contribution in [0.1, 0.15) is 12.0 Å². The zero-order chi connectivity index (χ0) is 19.1. The Bertz CT molecular complexity index is 794. The quantitative estimate of drug-likeness (QED) is 0.745. The number of nitrogens with one attached hydrogen (secondary N) is 2. The maximum absolute atomic E-state index is 12.1. The van der Waals surface area contributed by atoms with Crippen LogP contribution < -0.4 is 10.6 Å². The predicted octanol–water partition coefficient (Wildman–Crippen LogP) is 4.06. The molecule has 2 aromatic rings. The second-order valence-electron chi connectivity index (χ2n) is 5.99. The summed E-state index contributed by atoms with van der Waals surface area (Å²) in [7, 11) is 3.47. The highest BCUT2D eigenvalue weighted by molar-refractivity contribution is 6.43. The fourth-order valence-corrected chi connectivity index (χ4v) is 2.67. The van der Waals surface area contributed by atoms with Gasteiger partial charge in [-0.05, 0) is 36.2 Å². The van der Waals surface area contributed by atoms with Crippen molar-refractivity contribution < 1.29 is 9.59 Å². The van der Waals surface area contributed by atoms with Crippen molar-refractivity contribution in [2.75, 3.05) is 31.3 Å². The summed E-state index contributed by atoms with van der Waals surface area (Å²) in [6, 6.07) is 12.7. The van der Waals surface area contributed by atoms with E-state index in [0.717, 1.165) is 5.56 Å². The molecule has 0 aromatic heterocycles. The average molecular weight is 394 g/mol. The lowest BCUT2D eigenvalue weighted by Gasteiger charge is -2.12. The molecule has 0 aliphatic carbocycles. The highest BCUT2D eigenvalue weighted by Crippen LogP contribution is 2.29. The molecule has 2 rings (SSSR count). The van der Waals surface area contributed by atoms with Crippen LogP contribution in [0.2, 0.25) is 10.0 Å². The maximum atomic E-state index is 12.1. The molecule has 26 heavy (non-hydrogen) atoms. The summed E-state index contributed by atoms with van der Waals surface area (Å²) < 4.78 is 0. The second kappa shape index (κ2) is 9.46. The average Bonchev–Trinajstić information content (AvgIpc) is 2.61. The molecule has 0 bridgehead atoms. The van der Waals surface area contributed by atoms with Gasteiger partial charge in [-0.15, -0.1) is 0 Å². The van der Waals surface area contributed by atoms with Crippen molar-refractivity contribution in [3.05, 3.63) is 58.1 Å². The maximum Gasteiger partial charge on any atom is 0.243 e. The third-order valence-corrected chi connectivity index (χ3v) is 4.55. The molecule has 7 heteroatoms. The van der Waals surface area contributed by atoms with E-state index in [4.69, 9.17) is 23.2 Å². The van der Waals surface area contributed by atoms with Gasteiger partial charge in [0.15, 0.2) is 0 Å². The van der Waals surface area contributed by atoms with Crippen molar-refractivity contribution in [3.63, 3.8) is 0 Å². The molecule has 2 aromatic carbocycles. The lowest BCUT2D eigenvalue weighted by Crippen LogP contribution is -2.22. The number of nitrogens with zero attached hydrogens (tertiary/aromatic N) is 1. The van der Waals surface area contributed by atoms with Gasteiger partial charge in [0.2, 0.25) is 11.8 Å². The van der Waals surface area contributed by atoms with Crippen LogP contribution in [-0.2, 0) is 16.0 Å². The monoisotopic (exact) mass is 393 g/mol. The number of hydrogen-bond donors (Lipinski definition) is 2. The largest absolute Gasteiger partial charge is 0.375 e. The smallest absolute Gasteiger partial charge is 0.243 e. The Morgan fingerprint density at radius 2 is 1.81 bits per heavy atom. The third kappa shape index (κ3) is 5.93. The van der Waals surface area contributed by atoms with Crippen LogP contribution in [0.4, 0.5) is 11.4 Å². The van der Waals surface area contributed by atoms with E-state index in [2.05, 4.69) is 10.6 Å². The minimum atomic E-state index is -0.206. The Morgan fingerprint density at radius 1 is 1.08 bits per heavy atom. The fourth-order valence-electron chi connectivity index (χ4n) is 2.30. The lowest BCUT2D eigenvalue weighted by molar-refractivity contribution is -0.128. The molecule has 138 valence electrons. The molecule has 0 unspecified atom stereocenters. The Morgan fingerprint density at radius 3 is 2.54 bits per heavy atom. The molecule has 0 aliphatic rings. The van der Waals surface area contributed by atoms with E-state index in [1.807, 2.05) is 24.3 Å². The molecular formula is C19H21Cl2N3O2. The predicted molar refractivity (Wildman–Crippen MR) is 107 cm³/mol. The summed E-state index contributed by atoms with van der Waals surface area (Å²) in [4.78, 5) is 25.4. The first-order valence-corrected chi connectivity index (χ1v) is 8.89. The SMILES string of the molecule is CN(C)C(=O)CCc1cccc(NC(=O)CNc2cccc(Cl)c2Cl)c1. The van der Waals surface area contributed by atoms with Crippen molar-refractivity contribution in [1.82, 2.24) is 4.90 Å². The fraction of sp³-hybridized carbons (Fsp3) is 0.263. The van der Waals surface area contributed by atoms with E-state index in [0.29, 0.717) is 34.3 Å². The number of carbonyl (C=O) groups is 2. The molecule has 5 nitrogen and oxygen atoms in total. The Hall–Kier alpha value is -2.24. The van der Waals surface area contributed by atoms with E-state index in [1.54, 1.807) is 37.2 Å². The first kappa shape index (κ1) is 20.1. The molecule has 0 saturated heterocycles. The number of aryl methyl sites for hydroxylation is 1. The van der Waals surface area contributed by atoms with Crippen LogP contribution in [0.25, 0.3) is 0 Å². The summed E-state index contributed by atoms with van der Waals surface area (Å²) in [5, 5.41) is 6.60. The zero-order valence-corrected chi connectivity index (χ0v) is 16.2. The van der Waals surface area contributed by atoms with Crippen molar-refractivity contribution in [3.8, 4) is 0 Å². The molecule has 0 atom stereocenters. The van der Waals surface area contributed by atoms with Crippen molar-refractivity contribution >= 4 is 46.4 Å². The van der Waals surface area contributed by atoms with Gasteiger partial charge >= 0.3 is 0 Å². The minimum Gasteiger partial charge on any atom is -0.375 e. The number of halogens is 2. The van der Waals surface area contributed by atoms with Crippen LogP contribution in [-0.4, -0.2) is 37.4 Å². The van der Waals surface area contributed by atoms with Crippen molar-refractivity contribution in [2.24, 2.45) is 0 Å². The van der Waals surface area contributed by atoms with Gasteiger partial charge in [0, 0.05) is 26.2 Å². The van der Waals surface area contributed by atoms with Gasteiger partial charge in [0.1, 0.15) is 0 Å². The molecule has 0 spiro atoms. The van der Waals surface area contributed by atoms with Gasteiger partial charge in [0.25, 0.3) is 0 Å². The molecular weight excluding hydrogens is 373 g/mol. The van der Waals surface area contributed by atoms with Crippen LogP contribution in [0.3, 0.4) is 0 Å². The Kier molecular flexibility index (Phi) is 7.30. The van der Waals surface area contributed by atoms with E-state index in [9.17, 15) is 9.59 Å². The molecule has 0 radical (unpaired) electrons. The van der Waals surface area contributed by atoms with E-state index in [-0.39, 0.29) is 18.4 Å². The van der Waals surface area contributed by atoms with Gasteiger partial charge in [-0.1, -0.05) is 41.4 Å². The van der Waals surface area contributed by atoms with Crippen LogP contribution in [0.5, 0.6) is 0 Å². The Balaban J connectivity index is 1.89. The van der Waals surface area contributed by atoms with Crippen LogP contribution >= 0.6 is 23.2 Å². The highest BCUT2D eigenvalue weighted by atomic mass is 35.5. The topological polar surface area (TPSA) is 61.4 Å². The van der Waals surface area contributed by atoms with Crippen LogP contribution in [0.15, 0.2) is 42.5 Å². The van der Waals surface area contributed by atoms with Crippen molar-refractivity contribution in [2.45, 2.75) is 12.8 Å². The van der Waals surface area contributed by atoms with Gasteiger partial charge < -0.3 is 15.5 Å². The number of amides is 2. The van der Waals surface area contributed by atoms with Gasteiger partial charge in [-0.25, -0.2) is 0 Å². The first-order chi connectivity index (χ1) is 12.4. The van der Waals surface area contributed by atoms with Crippen molar-refractivity contribution in [1.29, 1.82) is 0 Å². The second-order valence-corrected chi connectivity index (χ2v) is 6.78. The lowest BCUT2D eigenvalue weighted by atomic mass is 10.1. The summed E-state index contributed by atoms with van der Waals surface area (Å²) >= 11 is 12.0. The summed E-state index contributed by atoms with van der Waals surface area (Å²) in [5.41, 5.74) is 2.28. The number of benzene rings is 2. The number of hydrogen-bond acceptors (Lipinski definition) is 3. The highest BCUT2D eigenvalue weighted by Gasteiger charge is 2.08. The van der Waals surface area contributed by atoms with Crippen LogP contribution in [0, 0.1) is 0 Å². The molecule has 0 fully saturated rings.